The third-order valence-corrected chi connectivity index (χ3v) is 7.70. The van der Waals surface area contributed by atoms with Crippen LogP contribution in [-0.4, -0.2) is 56.3 Å². The second kappa shape index (κ2) is 10.6. The van der Waals surface area contributed by atoms with Crippen LogP contribution in [0.1, 0.15) is 34.1 Å². The number of aryl methyl sites for hydroxylation is 2. The summed E-state index contributed by atoms with van der Waals surface area (Å²) >= 11 is 0. The van der Waals surface area contributed by atoms with E-state index in [9.17, 15) is 13.6 Å². The molecule has 1 fully saturated rings. The molecule has 6 rings (SSSR count). The van der Waals surface area contributed by atoms with Crippen molar-refractivity contribution in [2.75, 3.05) is 31.1 Å². The minimum Gasteiger partial charge on any atom is -0.367 e. The minimum absolute atomic E-state index is 0.214. The first-order valence-corrected chi connectivity index (χ1v) is 13.3. The maximum absolute atomic E-state index is 14.5. The summed E-state index contributed by atoms with van der Waals surface area (Å²) in [5, 5.41) is 13.5. The molecule has 3 heterocycles. The Labute approximate surface area is 229 Å². The fourth-order valence-corrected chi connectivity index (χ4v) is 5.41. The van der Waals surface area contributed by atoms with Crippen molar-refractivity contribution in [2.45, 2.75) is 26.4 Å². The van der Waals surface area contributed by atoms with Crippen LogP contribution in [0.3, 0.4) is 0 Å². The van der Waals surface area contributed by atoms with Gasteiger partial charge in [-0.05, 0) is 88.8 Å². The summed E-state index contributed by atoms with van der Waals surface area (Å²) in [5.74, 6) is -0.0655. The first-order valence-electron chi connectivity index (χ1n) is 13.3. The van der Waals surface area contributed by atoms with E-state index in [1.807, 2.05) is 36.9 Å². The van der Waals surface area contributed by atoms with E-state index >= 15 is 0 Å². The summed E-state index contributed by atoms with van der Waals surface area (Å²) in [6.07, 6.45) is 0. The van der Waals surface area contributed by atoms with Crippen LogP contribution in [0.15, 0.2) is 71.5 Å². The van der Waals surface area contributed by atoms with Crippen molar-refractivity contribution in [2.24, 2.45) is 0 Å². The molecule has 0 saturated carbocycles. The number of H-pyrrole nitrogens is 1. The van der Waals surface area contributed by atoms with Crippen molar-refractivity contribution >= 4 is 16.6 Å². The number of halogens is 2. The third kappa shape index (κ3) is 4.98. The van der Waals surface area contributed by atoms with E-state index in [2.05, 4.69) is 31.5 Å². The van der Waals surface area contributed by atoms with E-state index < -0.39 is 6.04 Å². The number of aromatic nitrogens is 5. The number of benzene rings is 3. The number of fused-ring (bicyclic) bond motifs is 1. The Morgan fingerprint density at radius 1 is 0.925 bits per heavy atom. The van der Waals surface area contributed by atoms with E-state index in [1.165, 1.54) is 18.2 Å². The number of piperazine rings is 1. The zero-order chi connectivity index (χ0) is 27.8. The topological polar surface area (TPSA) is 82.9 Å². The maximum atomic E-state index is 14.5. The van der Waals surface area contributed by atoms with Crippen molar-refractivity contribution in [3.8, 4) is 0 Å². The summed E-state index contributed by atoms with van der Waals surface area (Å²) < 4.78 is 29.7. The summed E-state index contributed by atoms with van der Waals surface area (Å²) in [6.45, 7) is 6.64. The van der Waals surface area contributed by atoms with E-state index in [1.54, 1.807) is 28.9 Å². The van der Waals surface area contributed by atoms with Crippen LogP contribution in [0.25, 0.3) is 10.9 Å². The molecule has 1 saturated heterocycles. The summed E-state index contributed by atoms with van der Waals surface area (Å²) in [7, 11) is 0. The normalized spacial score (nSPS) is 15.1. The molecule has 0 radical (unpaired) electrons. The number of para-hydroxylation sites is 1. The molecule has 204 valence electrons. The fraction of sp³-hybridized carbons (Fsp3) is 0.267. The quantitative estimate of drug-likeness (QED) is 0.344. The average Bonchev–Trinajstić information content (AvgIpc) is 3.40. The van der Waals surface area contributed by atoms with Crippen LogP contribution in [0, 0.1) is 25.5 Å². The molecule has 0 amide bonds. The number of nitrogens with one attached hydrogen (secondary N) is 1. The first kappa shape index (κ1) is 25.8. The smallest absolute Gasteiger partial charge is 0.253 e. The van der Waals surface area contributed by atoms with Gasteiger partial charge in [0.15, 0.2) is 5.82 Å². The number of nitrogens with zero attached hydrogens (tertiary/aromatic N) is 6. The van der Waals surface area contributed by atoms with Gasteiger partial charge in [-0.15, -0.1) is 5.10 Å². The molecular formula is C30H29F2N7O. The van der Waals surface area contributed by atoms with Crippen LogP contribution in [0.2, 0.25) is 0 Å². The Balaban J connectivity index is 1.40. The molecule has 1 unspecified atom stereocenters. The second-order valence-corrected chi connectivity index (χ2v) is 10.3. The lowest BCUT2D eigenvalue weighted by Crippen LogP contribution is -2.49. The molecule has 1 N–H and O–H groups in total. The molecule has 5 aromatic rings. The van der Waals surface area contributed by atoms with Gasteiger partial charge in [-0.2, -0.15) is 0 Å². The fourth-order valence-electron chi connectivity index (χ4n) is 5.41. The van der Waals surface area contributed by atoms with Gasteiger partial charge in [0.05, 0.1) is 12.2 Å². The Bertz CT molecular complexity index is 1720. The van der Waals surface area contributed by atoms with E-state index in [0.717, 1.165) is 27.6 Å². The number of hydrogen-bond donors (Lipinski definition) is 1. The van der Waals surface area contributed by atoms with Crippen molar-refractivity contribution in [1.82, 2.24) is 30.1 Å². The van der Waals surface area contributed by atoms with Crippen molar-refractivity contribution in [3.05, 3.63) is 117 Å². The third-order valence-electron chi connectivity index (χ3n) is 7.70. The Morgan fingerprint density at radius 2 is 1.65 bits per heavy atom. The molecule has 1 aliphatic heterocycles. The first-order chi connectivity index (χ1) is 19.4. The number of tetrazole rings is 1. The minimum atomic E-state index is -0.548. The summed E-state index contributed by atoms with van der Waals surface area (Å²) in [6, 6.07) is 18.4. The molecule has 0 spiro atoms. The molecule has 1 aliphatic rings. The van der Waals surface area contributed by atoms with Gasteiger partial charge in [0.25, 0.3) is 5.56 Å². The number of aromatic amines is 1. The highest BCUT2D eigenvalue weighted by atomic mass is 19.1. The maximum Gasteiger partial charge on any atom is 0.253 e. The van der Waals surface area contributed by atoms with Crippen molar-refractivity contribution in [3.63, 3.8) is 0 Å². The van der Waals surface area contributed by atoms with Crippen LogP contribution >= 0.6 is 0 Å². The predicted molar refractivity (Wildman–Crippen MR) is 149 cm³/mol. The van der Waals surface area contributed by atoms with Gasteiger partial charge in [0.1, 0.15) is 17.7 Å². The van der Waals surface area contributed by atoms with Crippen LogP contribution in [-0.2, 0) is 6.54 Å². The van der Waals surface area contributed by atoms with Crippen molar-refractivity contribution < 1.29 is 8.78 Å². The second-order valence-electron chi connectivity index (χ2n) is 10.3. The van der Waals surface area contributed by atoms with Gasteiger partial charge >= 0.3 is 0 Å². The molecule has 3 aromatic carbocycles. The SMILES string of the molecule is Cc1cc2cc(C(c3nnnn3Cc3ccc(F)cc3)N3CCN(c4ccccc4F)CC3)c(=O)[nH]c2cc1C. The lowest BCUT2D eigenvalue weighted by atomic mass is 10.00. The number of hydrogen-bond acceptors (Lipinski definition) is 6. The number of anilines is 1. The highest BCUT2D eigenvalue weighted by molar-refractivity contribution is 5.81. The van der Waals surface area contributed by atoms with Crippen molar-refractivity contribution in [1.29, 1.82) is 0 Å². The van der Waals surface area contributed by atoms with Gasteiger partial charge < -0.3 is 9.88 Å². The Morgan fingerprint density at radius 3 is 2.40 bits per heavy atom. The highest BCUT2D eigenvalue weighted by Crippen LogP contribution is 2.30. The molecule has 2 aromatic heterocycles. The molecule has 8 nitrogen and oxygen atoms in total. The molecule has 10 heteroatoms. The monoisotopic (exact) mass is 541 g/mol. The van der Waals surface area contributed by atoms with Gasteiger partial charge in [-0.25, -0.2) is 13.5 Å². The van der Waals surface area contributed by atoms with Crippen LogP contribution in [0.4, 0.5) is 14.5 Å². The van der Waals surface area contributed by atoms with Gasteiger partial charge in [0.2, 0.25) is 0 Å². The zero-order valence-corrected chi connectivity index (χ0v) is 22.3. The lowest BCUT2D eigenvalue weighted by Gasteiger charge is -2.39. The number of rotatable bonds is 6. The largest absolute Gasteiger partial charge is 0.367 e. The van der Waals surface area contributed by atoms with E-state index in [4.69, 9.17) is 0 Å². The predicted octanol–water partition coefficient (Wildman–Crippen LogP) is 4.37. The average molecular weight is 542 g/mol. The molecular weight excluding hydrogens is 512 g/mol. The molecule has 0 bridgehead atoms. The number of pyridine rings is 1. The standard InChI is InChI=1S/C30H29F2N7O/c1-19-15-22-17-24(30(40)33-26(22)16-20(19)2)28(29-34-35-36-39(29)18-21-7-9-23(31)10-8-21)38-13-11-37(12-14-38)27-6-4-3-5-25(27)32/h3-10,15-17,28H,11-14,18H2,1-2H3,(H,33,40). The zero-order valence-electron chi connectivity index (χ0n) is 22.3. The van der Waals surface area contributed by atoms with E-state index in [-0.39, 0.29) is 17.2 Å². The molecule has 0 aliphatic carbocycles. The molecule has 40 heavy (non-hydrogen) atoms. The highest BCUT2D eigenvalue weighted by Gasteiger charge is 2.33. The van der Waals surface area contributed by atoms with Crippen LogP contribution in [0.5, 0.6) is 0 Å². The summed E-state index contributed by atoms with van der Waals surface area (Å²) in [4.78, 5) is 20.8. The van der Waals surface area contributed by atoms with Gasteiger partial charge in [-0.1, -0.05) is 24.3 Å². The Hall–Kier alpha value is -4.44. The van der Waals surface area contributed by atoms with Gasteiger partial charge in [-0.3, -0.25) is 9.69 Å². The van der Waals surface area contributed by atoms with Crippen LogP contribution < -0.4 is 10.5 Å². The Kier molecular flexibility index (Phi) is 6.85. The van der Waals surface area contributed by atoms with Gasteiger partial charge in [0, 0.05) is 37.3 Å². The van der Waals surface area contributed by atoms with E-state index in [0.29, 0.717) is 49.8 Å². The summed E-state index contributed by atoms with van der Waals surface area (Å²) in [5.41, 5.74) is 4.71. The molecule has 1 atom stereocenters. The lowest BCUT2D eigenvalue weighted by molar-refractivity contribution is 0.200.